The van der Waals surface area contributed by atoms with E-state index >= 15 is 0 Å². The molecule has 1 heterocycles. The number of furan rings is 1. The fraction of sp³-hybridized carbons (Fsp3) is 0.105. The number of nitrogen functional groups attached to an aromatic ring is 1. The molecule has 25 heavy (non-hydrogen) atoms. The molecule has 3 aromatic rings. The van der Waals surface area contributed by atoms with Gasteiger partial charge in [0.25, 0.3) is 5.91 Å². The summed E-state index contributed by atoms with van der Waals surface area (Å²) in [7, 11) is 0. The maximum absolute atomic E-state index is 12.4. The van der Waals surface area contributed by atoms with E-state index in [1.165, 1.54) is 0 Å². The maximum Gasteiger partial charge on any atom is 0.291 e. The molecule has 0 fully saturated rings. The lowest BCUT2D eigenvalue weighted by molar-refractivity contribution is 0.0997. The molecule has 128 valence electrons. The summed E-state index contributed by atoms with van der Waals surface area (Å²) in [6.45, 7) is 3.86. The van der Waals surface area contributed by atoms with Crippen LogP contribution in [0, 0.1) is 13.8 Å². The molecule has 4 nitrogen and oxygen atoms in total. The third-order valence-electron chi connectivity index (χ3n) is 3.80. The highest BCUT2D eigenvalue weighted by Gasteiger charge is 2.15. The summed E-state index contributed by atoms with van der Waals surface area (Å²) < 4.78 is 6.61. The number of hydrogen-bond donors (Lipinski definition) is 2. The number of carbonyl (C=O) groups excluding carboxylic acids is 1. The van der Waals surface area contributed by atoms with Crippen LogP contribution in [0.25, 0.3) is 11.3 Å². The molecule has 2 aromatic carbocycles. The van der Waals surface area contributed by atoms with Gasteiger partial charge in [0.2, 0.25) is 0 Å². The third kappa shape index (κ3) is 3.72. The van der Waals surface area contributed by atoms with Crippen LogP contribution >= 0.6 is 27.5 Å². The van der Waals surface area contributed by atoms with Gasteiger partial charge >= 0.3 is 0 Å². The van der Waals surface area contributed by atoms with Crippen molar-refractivity contribution in [2.75, 3.05) is 11.1 Å². The van der Waals surface area contributed by atoms with Gasteiger partial charge in [-0.05, 0) is 61.4 Å². The molecule has 3 rings (SSSR count). The first kappa shape index (κ1) is 17.6. The van der Waals surface area contributed by atoms with E-state index in [1.807, 2.05) is 32.0 Å². The Bertz CT molecular complexity index is 966. The van der Waals surface area contributed by atoms with Crippen molar-refractivity contribution in [1.82, 2.24) is 0 Å². The zero-order valence-electron chi connectivity index (χ0n) is 13.7. The number of rotatable bonds is 3. The van der Waals surface area contributed by atoms with E-state index in [4.69, 9.17) is 21.8 Å². The van der Waals surface area contributed by atoms with E-state index in [0.717, 1.165) is 21.2 Å². The molecular weight excluding hydrogens is 404 g/mol. The summed E-state index contributed by atoms with van der Waals surface area (Å²) >= 11 is 9.61. The van der Waals surface area contributed by atoms with Gasteiger partial charge in [0.1, 0.15) is 5.76 Å². The second-order valence-electron chi connectivity index (χ2n) is 5.79. The molecule has 3 N–H and O–H groups in total. The van der Waals surface area contributed by atoms with Gasteiger partial charge in [0, 0.05) is 15.1 Å². The van der Waals surface area contributed by atoms with E-state index in [2.05, 4.69) is 21.2 Å². The van der Waals surface area contributed by atoms with Crippen molar-refractivity contribution in [2.45, 2.75) is 13.8 Å². The summed E-state index contributed by atoms with van der Waals surface area (Å²) in [4.78, 5) is 12.4. The lowest BCUT2D eigenvalue weighted by Gasteiger charge is -2.09. The van der Waals surface area contributed by atoms with Crippen LogP contribution in [0.1, 0.15) is 21.7 Å². The molecular formula is C19H16BrClN2O2. The largest absolute Gasteiger partial charge is 0.451 e. The number of carbonyl (C=O) groups is 1. The minimum absolute atomic E-state index is 0.193. The number of nitrogens with two attached hydrogens (primary N) is 1. The van der Waals surface area contributed by atoms with Crippen molar-refractivity contribution in [2.24, 2.45) is 0 Å². The summed E-state index contributed by atoms with van der Waals surface area (Å²) in [6, 6.07) is 12.7. The zero-order chi connectivity index (χ0) is 18.1. The summed E-state index contributed by atoms with van der Waals surface area (Å²) in [5.41, 5.74) is 9.70. The van der Waals surface area contributed by atoms with Gasteiger partial charge in [-0.25, -0.2) is 0 Å². The van der Waals surface area contributed by atoms with E-state index in [1.54, 1.807) is 24.3 Å². The Hall–Kier alpha value is -2.24. The lowest BCUT2D eigenvalue weighted by atomic mass is 10.1. The molecule has 0 bridgehead atoms. The molecule has 1 amide bonds. The SMILES string of the molecule is Cc1ccc(-c2ccc(C(=O)Nc3cc(Cl)c(C)cc3N)o2)c(Br)c1. The Labute approximate surface area is 159 Å². The molecule has 0 aliphatic heterocycles. The summed E-state index contributed by atoms with van der Waals surface area (Å²) in [5, 5.41) is 3.26. The minimum Gasteiger partial charge on any atom is -0.451 e. The minimum atomic E-state index is -0.388. The van der Waals surface area contributed by atoms with Gasteiger partial charge in [-0.2, -0.15) is 0 Å². The van der Waals surface area contributed by atoms with Crippen LogP contribution in [0.2, 0.25) is 5.02 Å². The number of nitrogens with one attached hydrogen (secondary N) is 1. The van der Waals surface area contributed by atoms with Crippen LogP contribution in [0.3, 0.4) is 0 Å². The van der Waals surface area contributed by atoms with Crippen LogP contribution in [0.4, 0.5) is 11.4 Å². The second-order valence-corrected chi connectivity index (χ2v) is 7.05. The number of anilines is 2. The van der Waals surface area contributed by atoms with Gasteiger partial charge in [-0.1, -0.05) is 33.6 Å². The van der Waals surface area contributed by atoms with Crippen LogP contribution in [0.5, 0.6) is 0 Å². The highest BCUT2D eigenvalue weighted by Crippen LogP contribution is 2.31. The van der Waals surface area contributed by atoms with Gasteiger partial charge in [-0.3, -0.25) is 4.79 Å². The fourth-order valence-electron chi connectivity index (χ4n) is 2.42. The van der Waals surface area contributed by atoms with Crippen molar-refractivity contribution in [3.05, 3.63) is 68.8 Å². The van der Waals surface area contributed by atoms with Crippen LogP contribution in [0.15, 0.2) is 51.4 Å². The van der Waals surface area contributed by atoms with E-state index in [0.29, 0.717) is 22.2 Å². The van der Waals surface area contributed by atoms with Gasteiger partial charge < -0.3 is 15.5 Å². The molecule has 0 spiro atoms. The molecule has 0 aliphatic carbocycles. The number of aryl methyl sites for hydroxylation is 2. The van der Waals surface area contributed by atoms with Gasteiger partial charge in [0.05, 0.1) is 11.4 Å². The van der Waals surface area contributed by atoms with E-state index < -0.39 is 0 Å². The average Bonchev–Trinajstić information content (AvgIpc) is 3.02. The van der Waals surface area contributed by atoms with Crippen molar-refractivity contribution in [1.29, 1.82) is 0 Å². The Kier molecular flexibility index (Phi) is 4.88. The normalized spacial score (nSPS) is 10.7. The second kappa shape index (κ2) is 6.94. The number of hydrogen-bond acceptors (Lipinski definition) is 3. The molecule has 0 atom stereocenters. The van der Waals surface area contributed by atoms with Crippen molar-refractivity contribution < 1.29 is 9.21 Å². The molecule has 6 heteroatoms. The predicted octanol–water partition coefficient (Wildman–Crippen LogP) is 5.81. The number of halogens is 2. The number of amides is 1. The van der Waals surface area contributed by atoms with Crippen LogP contribution < -0.4 is 11.1 Å². The highest BCUT2D eigenvalue weighted by molar-refractivity contribution is 9.10. The topological polar surface area (TPSA) is 68.3 Å². The Morgan fingerprint density at radius 1 is 1.16 bits per heavy atom. The zero-order valence-corrected chi connectivity index (χ0v) is 16.0. The quantitative estimate of drug-likeness (QED) is 0.526. The molecule has 0 saturated carbocycles. The monoisotopic (exact) mass is 418 g/mol. The molecule has 0 aliphatic rings. The molecule has 0 saturated heterocycles. The van der Waals surface area contributed by atoms with Crippen LogP contribution in [-0.2, 0) is 0 Å². The average molecular weight is 420 g/mol. The lowest BCUT2D eigenvalue weighted by Crippen LogP contribution is -2.12. The predicted molar refractivity (Wildman–Crippen MR) is 105 cm³/mol. The first-order chi connectivity index (χ1) is 11.8. The summed E-state index contributed by atoms with van der Waals surface area (Å²) in [6.07, 6.45) is 0. The van der Waals surface area contributed by atoms with Gasteiger partial charge in [0.15, 0.2) is 5.76 Å². The Morgan fingerprint density at radius 3 is 2.64 bits per heavy atom. The number of benzene rings is 2. The Balaban J connectivity index is 1.85. The summed E-state index contributed by atoms with van der Waals surface area (Å²) in [5.74, 6) is 0.409. The van der Waals surface area contributed by atoms with Gasteiger partial charge in [-0.15, -0.1) is 0 Å². The van der Waals surface area contributed by atoms with Crippen LogP contribution in [-0.4, -0.2) is 5.91 Å². The maximum atomic E-state index is 12.4. The first-order valence-electron chi connectivity index (χ1n) is 7.58. The molecule has 0 unspecified atom stereocenters. The standard InChI is InChI=1S/C19H16BrClN2O2/c1-10-3-4-12(13(20)7-10)17-5-6-18(25-17)19(24)23-16-9-14(21)11(2)8-15(16)22/h3-9H,22H2,1-2H3,(H,23,24). The van der Waals surface area contributed by atoms with Crippen molar-refractivity contribution >= 4 is 44.8 Å². The van der Waals surface area contributed by atoms with E-state index in [9.17, 15) is 4.79 Å². The Morgan fingerprint density at radius 2 is 1.92 bits per heavy atom. The fourth-order valence-corrected chi connectivity index (χ4v) is 3.27. The van der Waals surface area contributed by atoms with Crippen molar-refractivity contribution in [3.8, 4) is 11.3 Å². The highest BCUT2D eigenvalue weighted by atomic mass is 79.9. The molecule has 1 aromatic heterocycles. The van der Waals surface area contributed by atoms with Crippen molar-refractivity contribution in [3.63, 3.8) is 0 Å². The molecule has 0 radical (unpaired) electrons. The third-order valence-corrected chi connectivity index (χ3v) is 4.86. The smallest absolute Gasteiger partial charge is 0.291 e. The first-order valence-corrected chi connectivity index (χ1v) is 8.75. The van der Waals surface area contributed by atoms with E-state index in [-0.39, 0.29) is 11.7 Å².